The van der Waals surface area contributed by atoms with Crippen molar-refractivity contribution in [3.8, 4) is 0 Å². The molecule has 0 radical (unpaired) electrons. The molecule has 1 N–H and O–H groups in total. The monoisotopic (exact) mass is 195 g/mol. The van der Waals surface area contributed by atoms with Gasteiger partial charge in [0.2, 0.25) is 0 Å². The smallest absolute Gasteiger partial charge is 0.0774 e. The van der Waals surface area contributed by atoms with Gasteiger partial charge < -0.3 is 5.11 Å². The molecular formula is C12H21NO. The number of hydrogen-bond acceptors (Lipinski definition) is 2. The molecule has 1 aliphatic heterocycles. The molecule has 3 rings (SSSR count). The van der Waals surface area contributed by atoms with Crippen LogP contribution in [0.1, 0.15) is 39.0 Å². The van der Waals surface area contributed by atoms with Gasteiger partial charge >= 0.3 is 0 Å². The minimum Gasteiger partial charge on any atom is -0.389 e. The molecule has 2 aliphatic carbocycles. The molecule has 0 spiro atoms. The van der Waals surface area contributed by atoms with Crippen molar-refractivity contribution in [2.75, 3.05) is 13.1 Å². The van der Waals surface area contributed by atoms with Crippen LogP contribution in [0.15, 0.2) is 0 Å². The Hall–Kier alpha value is -0.0800. The fourth-order valence-corrected chi connectivity index (χ4v) is 3.79. The zero-order chi connectivity index (χ0) is 9.76. The van der Waals surface area contributed by atoms with E-state index in [1.165, 1.54) is 38.8 Å². The average molecular weight is 195 g/mol. The fraction of sp³-hybridized carbons (Fsp3) is 1.00. The summed E-state index contributed by atoms with van der Waals surface area (Å²) in [6, 6.07) is 0.480. The van der Waals surface area contributed by atoms with Crippen LogP contribution in [-0.2, 0) is 0 Å². The lowest BCUT2D eigenvalue weighted by atomic mass is 9.75. The predicted molar refractivity (Wildman–Crippen MR) is 56.0 cm³/mol. The van der Waals surface area contributed by atoms with Gasteiger partial charge in [-0.15, -0.1) is 0 Å². The van der Waals surface area contributed by atoms with Crippen molar-refractivity contribution >= 4 is 0 Å². The third-order valence-corrected chi connectivity index (χ3v) is 4.84. The average Bonchev–Trinajstić information content (AvgIpc) is 2.62. The number of nitrogens with zero attached hydrogens (tertiary/aromatic N) is 1. The van der Waals surface area contributed by atoms with E-state index in [4.69, 9.17) is 0 Å². The largest absolute Gasteiger partial charge is 0.389 e. The van der Waals surface area contributed by atoms with Crippen LogP contribution in [0.5, 0.6) is 0 Å². The van der Waals surface area contributed by atoms with Crippen LogP contribution in [-0.4, -0.2) is 34.7 Å². The van der Waals surface area contributed by atoms with Gasteiger partial charge in [0, 0.05) is 19.1 Å². The summed E-state index contributed by atoms with van der Waals surface area (Å²) in [7, 11) is 0. The van der Waals surface area contributed by atoms with Gasteiger partial charge in [0.1, 0.15) is 0 Å². The topological polar surface area (TPSA) is 23.5 Å². The lowest BCUT2D eigenvalue weighted by Crippen LogP contribution is -2.58. The minimum absolute atomic E-state index is 0.376. The first-order valence-corrected chi connectivity index (χ1v) is 6.13. The Morgan fingerprint density at radius 1 is 1.14 bits per heavy atom. The maximum atomic E-state index is 10.1. The van der Waals surface area contributed by atoms with Crippen LogP contribution in [0.4, 0.5) is 0 Å². The molecule has 0 bridgehead atoms. The highest BCUT2D eigenvalue weighted by atomic mass is 16.3. The summed E-state index contributed by atoms with van der Waals surface area (Å²) < 4.78 is 0. The molecular weight excluding hydrogens is 174 g/mol. The van der Waals surface area contributed by atoms with Crippen LogP contribution in [0.25, 0.3) is 0 Å². The second-order valence-electron chi connectivity index (χ2n) is 5.82. The van der Waals surface area contributed by atoms with E-state index in [-0.39, 0.29) is 5.60 Å². The van der Waals surface area contributed by atoms with Crippen molar-refractivity contribution in [2.24, 2.45) is 11.8 Å². The summed E-state index contributed by atoms with van der Waals surface area (Å²) in [6.45, 7) is 4.55. The first-order valence-electron chi connectivity index (χ1n) is 6.13. The maximum absolute atomic E-state index is 10.1. The number of hydrogen-bond donors (Lipinski definition) is 1. The molecule has 0 aromatic rings. The second kappa shape index (κ2) is 2.96. The summed E-state index contributed by atoms with van der Waals surface area (Å²) in [5, 5.41) is 10.1. The molecule has 4 atom stereocenters. The molecule has 2 nitrogen and oxygen atoms in total. The molecule has 80 valence electrons. The van der Waals surface area contributed by atoms with Gasteiger partial charge in [-0.3, -0.25) is 4.90 Å². The van der Waals surface area contributed by atoms with E-state index in [2.05, 4.69) is 4.90 Å². The Morgan fingerprint density at radius 3 is 2.21 bits per heavy atom. The first kappa shape index (κ1) is 9.17. The van der Waals surface area contributed by atoms with Crippen LogP contribution in [0.3, 0.4) is 0 Å². The van der Waals surface area contributed by atoms with E-state index < -0.39 is 0 Å². The number of rotatable bonds is 1. The first-order chi connectivity index (χ1) is 6.67. The molecule has 3 aliphatic rings. The highest BCUT2D eigenvalue weighted by molar-refractivity contribution is 5.03. The zero-order valence-corrected chi connectivity index (χ0v) is 9.08. The molecule has 2 saturated carbocycles. The van der Waals surface area contributed by atoms with Crippen molar-refractivity contribution in [1.29, 1.82) is 0 Å². The van der Waals surface area contributed by atoms with Gasteiger partial charge in [0.05, 0.1) is 5.60 Å². The summed E-state index contributed by atoms with van der Waals surface area (Å²) in [5.41, 5.74) is -0.376. The standard InChI is InChI=1S/C12H21NO/c1-12(14)6-5-11(12)13-7-9-3-2-4-10(9)8-13/h9-11,14H,2-8H2,1H3/t9?,10?,11-,12-/m0/s1. The van der Waals surface area contributed by atoms with Crippen LogP contribution < -0.4 is 0 Å². The molecule has 14 heavy (non-hydrogen) atoms. The molecule has 2 heteroatoms. The molecule has 0 aromatic heterocycles. The Bertz CT molecular complexity index is 226. The number of aliphatic hydroxyl groups is 1. The summed E-state index contributed by atoms with van der Waals surface area (Å²) in [4.78, 5) is 2.57. The van der Waals surface area contributed by atoms with Crippen molar-refractivity contribution in [3.63, 3.8) is 0 Å². The van der Waals surface area contributed by atoms with Crippen molar-refractivity contribution in [3.05, 3.63) is 0 Å². The van der Waals surface area contributed by atoms with Crippen LogP contribution >= 0.6 is 0 Å². The van der Waals surface area contributed by atoms with Gasteiger partial charge in [0.25, 0.3) is 0 Å². The molecule has 0 aromatic carbocycles. The molecule has 1 saturated heterocycles. The normalized spacial score (nSPS) is 53.1. The Labute approximate surface area is 86.3 Å². The SMILES string of the molecule is C[C@]1(O)CC[C@@H]1N1CC2CCCC2C1. The number of likely N-dealkylation sites (tertiary alicyclic amines) is 1. The Kier molecular flexibility index (Phi) is 1.94. The number of fused-ring (bicyclic) bond motifs is 1. The summed E-state index contributed by atoms with van der Waals surface area (Å²) in [5.74, 6) is 1.93. The third-order valence-electron chi connectivity index (χ3n) is 4.84. The lowest BCUT2D eigenvalue weighted by molar-refractivity contribution is -0.0985. The van der Waals surface area contributed by atoms with E-state index in [0.29, 0.717) is 6.04 Å². The molecule has 3 fully saturated rings. The van der Waals surface area contributed by atoms with Gasteiger partial charge in [-0.25, -0.2) is 0 Å². The van der Waals surface area contributed by atoms with Gasteiger partial charge in [-0.1, -0.05) is 6.42 Å². The van der Waals surface area contributed by atoms with Gasteiger partial charge in [0.15, 0.2) is 0 Å². The maximum Gasteiger partial charge on any atom is 0.0774 e. The van der Waals surface area contributed by atoms with Crippen LogP contribution in [0.2, 0.25) is 0 Å². The summed E-state index contributed by atoms with van der Waals surface area (Å²) in [6.07, 6.45) is 6.55. The van der Waals surface area contributed by atoms with Crippen molar-refractivity contribution < 1.29 is 5.11 Å². The highest BCUT2D eigenvalue weighted by Gasteiger charge is 2.48. The molecule has 2 unspecified atom stereocenters. The lowest BCUT2D eigenvalue weighted by Gasteiger charge is -2.48. The van der Waals surface area contributed by atoms with Gasteiger partial charge in [-0.2, -0.15) is 0 Å². The third kappa shape index (κ3) is 1.24. The molecule has 1 heterocycles. The van der Waals surface area contributed by atoms with Crippen molar-refractivity contribution in [1.82, 2.24) is 4.90 Å². The zero-order valence-electron chi connectivity index (χ0n) is 9.08. The van der Waals surface area contributed by atoms with E-state index in [1.807, 2.05) is 6.92 Å². The quantitative estimate of drug-likeness (QED) is 0.687. The van der Waals surface area contributed by atoms with E-state index in [1.54, 1.807) is 0 Å². The molecule has 0 amide bonds. The van der Waals surface area contributed by atoms with Crippen molar-refractivity contribution in [2.45, 2.75) is 50.7 Å². The Morgan fingerprint density at radius 2 is 1.79 bits per heavy atom. The Balaban J connectivity index is 1.66. The van der Waals surface area contributed by atoms with E-state index in [9.17, 15) is 5.11 Å². The van der Waals surface area contributed by atoms with E-state index in [0.717, 1.165) is 18.3 Å². The summed E-state index contributed by atoms with van der Waals surface area (Å²) >= 11 is 0. The van der Waals surface area contributed by atoms with Crippen LogP contribution in [0, 0.1) is 11.8 Å². The predicted octanol–water partition coefficient (Wildman–Crippen LogP) is 1.63. The second-order valence-corrected chi connectivity index (χ2v) is 5.82. The van der Waals surface area contributed by atoms with E-state index >= 15 is 0 Å². The minimum atomic E-state index is -0.376. The highest BCUT2D eigenvalue weighted by Crippen LogP contribution is 2.44. The van der Waals surface area contributed by atoms with Gasteiger partial charge in [-0.05, 0) is 44.4 Å². The fourth-order valence-electron chi connectivity index (χ4n) is 3.79.